The first kappa shape index (κ1) is 18.7. The van der Waals surface area contributed by atoms with E-state index in [1.165, 1.54) is 18.2 Å². The number of nitrogens with two attached hydrogens (primary N) is 1. The molecule has 0 radical (unpaired) electrons. The Bertz CT molecular complexity index is 917. The van der Waals surface area contributed by atoms with Gasteiger partial charge in [0.25, 0.3) is 0 Å². The minimum atomic E-state index is -1.08. The Morgan fingerprint density at radius 2 is 2.15 bits per heavy atom. The van der Waals surface area contributed by atoms with Crippen LogP contribution in [-0.2, 0) is 4.79 Å². The summed E-state index contributed by atoms with van der Waals surface area (Å²) in [5, 5.41) is 28.4. The molecule has 2 rings (SSSR count). The Labute approximate surface area is 150 Å². The zero-order chi connectivity index (χ0) is 19.3. The van der Waals surface area contributed by atoms with E-state index < -0.39 is 11.8 Å². The Kier molecular flexibility index (Phi) is 5.71. The van der Waals surface area contributed by atoms with E-state index >= 15 is 0 Å². The van der Waals surface area contributed by atoms with Gasteiger partial charge in [-0.3, -0.25) is 4.79 Å². The van der Waals surface area contributed by atoms with Crippen LogP contribution in [-0.4, -0.2) is 23.1 Å². The number of nitrogens with zero attached hydrogens (tertiary/aromatic N) is 1. The summed E-state index contributed by atoms with van der Waals surface area (Å²) in [4.78, 5) is 23.7. The van der Waals surface area contributed by atoms with Crippen molar-refractivity contribution < 1.29 is 14.7 Å². The van der Waals surface area contributed by atoms with Gasteiger partial charge in [0.1, 0.15) is 5.82 Å². The lowest BCUT2D eigenvalue weighted by molar-refractivity contribution is -0.111. The van der Waals surface area contributed by atoms with Gasteiger partial charge < -0.3 is 21.6 Å². The molecular weight excluding hydrogens is 332 g/mol. The van der Waals surface area contributed by atoms with E-state index in [1.807, 2.05) is 6.07 Å². The summed E-state index contributed by atoms with van der Waals surface area (Å²) >= 11 is 0. The highest BCUT2D eigenvalue weighted by molar-refractivity contribution is 6.22. The first-order valence-electron chi connectivity index (χ1n) is 7.84. The fourth-order valence-electron chi connectivity index (χ4n) is 2.47. The molecule has 0 aliphatic heterocycles. The first-order chi connectivity index (χ1) is 12.4. The summed E-state index contributed by atoms with van der Waals surface area (Å²) < 4.78 is 0. The maximum absolute atomic E-state index is 12.6. The van der Waals surface area contributed by atoms with E-state index in [4.69, 9.17) is 21.5 Å². The largest absolute Gasteiger partial charge is 0.478 e. The summed E-state index contributed by atoms with van der Waals surface area (Å²) in [7, 11) is 0. The Hall–Kier alpha value is -3.66. The quantitative estimate of drug-likeness (QED) is 0.459. The highest BCUT2D eigenvalue weighted by atomic mass is 16.4. The van der Waals surface area contributed by atoms with Crippen LogP contribution in [0.25, 0.3) is 0 Å². The number of hydrogen-bond acceptors (Lipinski definition) is 6. The number of benzene rings is 1. The van der Waals surface area contributed by atoms with Gasteiger partial charge >= 0.3 is 5.97 Å². The molecule has 0 unspecified atom stereocenters. The molecule has 1 aliphatic carbocycles. The van der Waals surface area contributed by atoms with Crippen molar-refractivity contribution in [2.45, 2.75) is 19.8 Å². The molecule has 0 heterocycles. The molecule has 1 aliphatic rings. The number of nitrogens with one attached hydrogen (secondary N) is 2. The van der Waals surface area contributed by atoms with Crippen LogP contribution in [0.2, 0.25) is 0 Å². The number of aromatic carboxylic acids is 1. The number of hydrogen-bond donors (Lipinski definition) is 4. The zero-order valence-electron chi connectivity index (χ0n) is 14.2. The van der Waals surface area contributed by atoms with Gasteiger partial charge in [-0.25, -0.2) is 4.79 Å². The highest BCUT2D eigenvalue weighted by Crippen LogP contribution is 2.22. The third-order valence-corrected chi connectivity index (χ3v) is 3.95. The molecule has 1 aromatic carbocycles. The molecule has 0 atom stereocenters. The van der Waals surface area contributed by atoms with Crippen LogP contribution in [0.4, 0.5) is 5.69 Å². The number of carboxylic acid groups (broad SMARTS) is 1. The first-order valence-corrected chi connectivity index (χ1v) is 7.84. The average Bonchev–Trinajstić information content (AvgIpc) is 2.63. The van der Waals surface area contributed by atoms with Gasteiger partial charge in [-0.1, -0.05) is 12.1 Å². The van der Waals surface area contributed by atoms with Crippen LogP contribution >= 0.6 is 0 Å². The van der Waals surface area contributed by atoms with Crippen molar-refractivity contribution >= 4 is 23.7 Å². The molecule has 1 aromatic rings. The van der Waals surface area contributed by atoms with Gasteiger partial charge in [0.15, 0.2) is 5.78 Å². The lowest BCUT2D eigenvalue weighted by Crippen LogP contribution is -2.20. The molecule has 0 amide bonds. The molecule has 0 bridgehead atoms. The molecule has 7 nitrogen and oxygen atoms in total. The normalized spacial score (nSPS) is 14.3. The lowest BCUT2D eigenvalue weighted by atomic mass is 9.94. The number of Topliss-reactive ketones (excluding diaryl/α,β-unsaturated/α-hetero) is 1. The number of anilines is 1. The summed E-state index contributed by atoms with van der Waals surface area (Å²) in [5.41, 5.74) is 7.95. The number of aryl methyl sites for hydroxylation is 1. The predicted molar refractivity (Wildman–Crippen MR) is 97.8 cm³/mol. The Morgan fingerprint density at radius 3 is 2.77 bits per heavy atom. The number of carbonyl (C=O) groups excluding carboxylic acids is 1. The number of allylic oxidation sites excluding steroid dienone is 5. The maximum Gasteiger partial charge on any atom is 0.335 e. The summed E-state index contributed by atoms with van der Waals surface area (Å²) in [6.07, 6.45) is 5.19. The number of carbonyl (C=O) groups is 2. The molecule has 0 aromatic heterocycles. The van der Waals surface area contributed by atoms with Gasteiger partial charge in [0, 0.05) is 23.0 Å². The monoisotopic (exact) mass is 350 g/mol. The van der Waals surface area contributed by atoms with E-state index in [9.17, 15) is 9.59 Å². The summed E-state index contributed by atoms with van der Waals surface area (Å²) in [6, 6.07) is 6.52. The fraction of sp³-hybridized carbons (Fsp3) is 0.158. The van der Waals surface area contributed by atoms with Crippen molar-refractivity contribution in [3.8, 4) is 6.07 Å². The van der Waals surface area contributed by atoms with E-state index in [0.29, 0.717) is 29.7 Å². The van der Waals surface area contributed by atoms with Crippen molar-refractivity contribution in [2.75, 3.05) is 5.32 Å². The molecule has 132 valence electrons. The minimum absolute atomic E-state index is 0.0611. The van der Waals surface area contributed by atoms with Crippen molar-refractivity contribution in [1.29, 1.82) is 10.7 Å². The van der Waals surface area contributed by atoms with Gasteiger partial charge in [0.2, 0.25) is 0 Å². The third kappa shape index (κ3) is 4.05. The molecule has 26 heavy (non-hydrogen) atoms. The zero-order valence-corrected chi connectivity index (χ0v) is 14.2. The van der Waals surface area contributed by atoms with Crippen LogP contribution < -0.4 is 11.1 Å². The van der Waals surface area contributed by atoms with Gasteiger partial charge in [-0.2, -0.15) is 5.26 Å². The molecule has 5 N–H and O–H groups in total. The number of rotatable bonds is 6. The third-order valence-electron chi connectivity index (χ3n) is 3.95. The van der Waals surface area contributed by atoms with E-state index in [2.05, 4.69) is 5.32 Å². The minimum Gasteiger partial charge on any atom is -0.478 e. The SMILES string of the molecule is Cc1ccc(C(=O)O)cc1N/C(N)=C(\C=N)C(=O)C1=CCCC(C#N)=C1. The highest BCUT2D eigenvalue weighted by Gasteiger charge is 2.19. The van der Waals surface area contributed by atoms with E-state index in [0.717, 1.165) is 11.8 Å². The summed E-state index contributed by atoms with van der Waals surface area (Å²) in [5.74, 6) is -1.61. The van der Waals surface area contributed by atoms with Crippen LogP contribution in [0.5, 0.6) is 0 Å². The molecule has 0 saturated carbocycles. The van der Waals surface area contributed by atoms with Crippen LogP contribution in [0, 0.1) is 23.7 Å². The second-order valence-electron chi connectivity index (χ2n) is 5.74. The molecule has 0 spiro atoms. The molecule has 0 saturated heterocycles. The number of carboxylic acids is 1. The van der Waals surface area contributed by atoms with Crippen molar-refractivity contribution in [2.24, 2.45) is 5.73 Å². The van der Waals surface area contributed by atoms with Gasteiger partial charge in [-0.05, 0) is 43.5 Å². The van der Waals surface area contributed by atoms with Crippen molar-refractivity contribution in [3.05, 3.63) is 64.0 Å². The van der Waals surface area contributed by atoms with E-state index in [1.54, 1.807) is 19.1 Å². The van der Waals surface area contributed by atoms with E-state index in [-0.39, 0.29) is 17.0 Å². The van der Waals surface area contributed by atoms with Crippen LogP contribution in [0.1, 0.15) is 28.8 Å². The van der Waals surface area contributed by atoms with Gasteiger partial charge in [0.05, 0.1) is 17.2 Å². The topological polar surface area (TPSA) is 140 Å². The molecular formula is C19H18N4O3. The Balaban J connectivity index is 2.36. The fourth-order valence-corrected chi connectivity index (χ4v) is 2.47. The van der Waals surface area contributed by atoms with Crippen molar-refractivity contribution in [3.63, 3.8) is 0 Å². The van der Waals surface area contributed by atoms with Gasteiger partial charge in [-0.15, -0.1) is 0 Å². The van der Waals surface area contributed by atoms with Crippen LogP contribution in [0.15, 0.2) is 52.9 Å². The lowest BCUT2D eigenvalue weighted by Gasteiger charge is -2.14. The molecule has 7 heteroatoms. The second-order valence-corrected chi connectivity index (χ2v) is 5.74. The number of nitriles is 1. The maximum atomic E-state index is 12.6. The van der Waals surface area contributed by atoms with Crippen molar-refractivity contribution in [1.82, 2.24) is 0 Å². The number of ketones is 1. The predicted octanol–water partition coefficient (Wildman–Crippen LogP) is 2.66. The Morgan fingerprint density at radius 1 is 1.42 bits per heavy atom. The standard InChI is InChI=1S/C19H18N4O3/c1-11-5-6-14(19(25)26)8-16(11)23-18(22)15(10-21)17(24)13-4-2-3-12(7-13)9-20/h4-8,10,21,23H,2-3,22H2,1H3,(H,25,26)/b18-15+,21-10?. The average molecular weight is 350 g/mol. The second kappa shape index (κ2) is 7.94. The van der Waals surface area contributed by atoms with Crippen LogP contribution in [0.3, 0.4) is 0 Å². The molecule has 0 fully saturated rings. The summed E-state index contributed by atoms with van der Waals surface area (Å²) in [6.45, 7) is 1.76. The smallest absolute Gasteiger partial charge is 0.335 e.